The molecule has 0 saturated carbocycles. The molecule has 0 atom stereocenters. The topological polar surface area (TPSA) is 52.9 Å². The molecule has 1 amide bonds. The Morgan fingerprint density at radius 2 is 1.77 bits per heavy atom. The van der Waals surface area contributed by atoms with Crippen LogP contribution in [0.25, 0.3) is 0 Å². The monoisotopic (exact) mass is 496 g/mol. The Hall–Kier alpha value is -3.56. The van der Waals surface area contributed by atoms with Crippen molar-refractivity contribution in [2.45, 2.75) is 39.3 Å². The van der Waals surface area contributed by atoms with Gasteiger partial charge in [-0.2, -0.15) is 13.2 Å². The molecule has 1 aliphatic carbocycles. The van der Waals surface area contributed by atoms with Crippen molar-refractivity contribution >= 4 is 17.3 Å². The average molecular weight is 496 g/mol. The highest BCUT2D eigenvalue weighted by atomic mass is 19.4. The predicted molar refractivity (Wildman–Crippen MR) is 119 cm³/mol. The number of allylic oxidation sites excluding steroid dienone is 3. The zero-order chi connectivity index (χ0) is 25.9. The van der Waals surface area contributed by atoms with E-state index in [1.807, 2.05) is 6.92 Å². The lowest BCUT2D eigenvalue weighted by molar-refractivity contribution is -0.140. The number of hydrogen-bond acceptors (Lipinski definition) is 3. The Kier molecular flexibility index (Phi) is 7.72. The van der Waals surface area contributed by atoms with Gasteiger partial charge in [-0.3, -0.25) is 4.79 Å². The molecule has 4 nitrogen and oxygen atoms in total. The van der Waals surface area contributed by atoms with Gasteiger partial charge in [-0.15, -0.1) is 0 Å². The minimum absolute atomic E-state index is 0.103. The molecule has 0 aromatic heterocycles. The summed E-state index contributed by atoms with van der Waals surface area (Å²) in [7, 11) is 0. The van der Waals surface area contributed by atoms with Gasteiger partial charge in [0.2, 0.25) is 0 Å². The van der Waals surface area contributed by atoms with E-state index in [0.717, 1.165) is 22.4 Å². The molecule has 10 heteroatoms. The second kappa shape index (κ2) is 10.4. The molecule has 2 aromatic rings. The Bertz CT molecular complexity index is 1230. The predicted octanol–water partition coefficient (Wildman–Crippen LogP) is 6.42. The number of hydrogen-bond donors (Lipinski definition) is 1. The first-order valence-corrected chi connectivity index (χ1v) is 10.7. The summed E-state index contributed by atoms with van der Waals surface area (Å²) in [4.78, 5) is 14.4. The number of carbonyl (C=O) groups excluding carboxylic acids is 1. The van der Waals surface area contributed by atoms with Gasteiger partial charge in [-0.1, -0.05) is 29.5 Å². The van der Waals surface area contributed by atoms with Crippen molar-refractivity contribution in [1.29, 1.82) is 0 Å². The first-order valence-electron chi connectivity index (χ1n) is 10.7. The standard InChI is InChI=1S/C25H22F6N2O2/c1-14-8-9-17(12-15(14)2)33(24(34)23(32-35)16-6-4-3-5-7-16)11-10-18-20(26)13-19(25(29,30)31)22(28)21(18)27/h4,6-9,12-13,35H,3,5,10-11H2,1-2H3/b32-23+. The van der Waals surface area contributed by atoms with Crippen molar-refractivity contribution in [2.75, 3.05) is 11.4 Å². The maximum Gasteiger partial charge on any atom is 0.419 e. The molecule has 0 aliphatic heterocycles. The summed E-state index contributed by atoms with van der Waals surface area (Å²) in [6.07, 6.45) is 0.482. The van der Waals surface area contributed by atoms with Crippen LogP contribution in [0, 0.1) is 31.3 Å². The summed E-state index contributed by atoms with van der Waals surface area (Å²) in [6, 6.07) is 4.81. The quantitative estimate of drug-likeness (QED) is 0.165. The molecule has 0 bridgehead atoms. The van der Waals surface area contributed by atoms with Gasteiger partial charge in [0.1, 0.15) is 5.82 Å². The minimum atomic E-state index is -5.28. The Labute approximate surface area is 197 Å². The summed E-state index contributed by atoms with van der Waals surface area (Å²) >= 11 is 0. The highest BCUT2D eigenvalue weighted by Gasteiger charge is 2.37. The van der Waals surface area contributed by atoms with Crippen LogP contribution in [0.2, 0.25) is 0 Å². The van der Waals surface area contributed by atoms with Crippen LogP contribution in [-0.2, 0) is 17.4 Å². The van der Waals surface area contributed by atoms with Crippen LogP contribution in [0.1, 0.15) is 35.1 Å². The largest absolute Gasteiger partial charge is 0.419 e. The molecule has 0 radical (unpaired) electrons. The molecule has 0 fully saturated rings. The van der Waals surface area contributed by atoms with Gasteiger partial charge in [0, 0.05) is 23.4 Å². The van der Waals surface area contributed by atoms with Gasteiger partial charge in [-0.25, -0.2) is 13.2 Å². The molecular weight excluding hydrogens is 474 g/mol. The summed E-state index contributed by atoms with van der Waals surface area (Å²) < 4.78 is 81.6. The fourth-order valence-corrected chi connectivity index (χ4v) is 3.67. The van der Waals surface area contributed by atoms with Gasteiger partial charge in [0.05, 0.1) is 5.56 Å². The Morgan fingerprint density at radius 3 is 2.34 bits per heavy atom. The van der Waals surface area contributed by atoms with Crippen molar-refractivity contribution in [3.05, 3.63) is 87.8 Å². The molecule has 3 rings (SSSR count). The highest BCUT2D eigenvalue weighted by Crippen LogP contribution is 2.34. The second-order valence-electron chi connectivity index (χ2n) is 8.07. The first kappa shape index (κ1) is 26.1. The summed E-state index contributed by atoms with van der Waals surface area (Å²) in [5.41, 5.74) is -0.975. The number of aryl methyl sites for hydroxylation is 2. The van der Waals surface area contributed by atoms with Crippen LogP contribution in [0.3, 0.4) is 0 Å². The van der Waals surface area contributed by atoms with Crippen molar-refractivity contribution < 1.29 is 36.3 Å². The van der Waals surface area contributed by atoms with Crippen LogP contribution < -0.4 is 4.90 Å². The summed E-state index contributed by atoms with van der Waals surface area (Å²) in [5, 5.41) is 12.7. The van der Waals surface area contributed by atoms with Gasteiger partial charge < -0.3 is 10.1 Å². The number of nitrogens with zero attached hydrogens (tertiary/aromatic N) is 2. The number of oxime groups is 1. The van der Waals surface area contributed by atoms with E-state index in [0.29, 0.717) is 17.7 Å². The lowest BCUT2D eigenvalue weighted by atomic mass is 10.0. The third kappa shape index (κ3) is 5.58. The van der Waals surface area contributed by atoms with E-state index in [2.05, 4.69) is 5.16 Å². The number of halogens is 6. The van der Waals surface area contributed by atoms with Gasteiger partial charge in [0.15, 0.2) is 17.3 Å². The molecule has 0 spiro atoms. The zero-order valence-electron chi connectivity index (χ0n) is 18.9. The average Bonchev–Trinajstić information content (AvgIpc) is 2.81. The van der Waals surface area contributed by atoms with E-state index in [-0.39, 0.29) is 11.8 Å². The van der Waals surface area contributed by atoms with E-state index in [4.69, 9.17) is 0 Å². The lowest BCUT2D eigenvalue weighted by Crippen LogP contribution is -2.39. The Morgan fingerprint density at radius 1 is 1.06 bits per heavy atom. The van der Waals surface area contributed by atoms with Gasteiger partial charge in [-0.05, 0) is 62.4 Å². The van der Waals surface area contributed by atoms with E-state index in [1.54, 1.807) is 43.4 Å². The van der Waals surface area contributed by atoms with Crippen LogP contribution in [-0.4, -0.2) is 23.4 Å². The van der Waals surface area contributed by atoms with Crippen LogP contribution in [0.5, 0.6) is 0 Å². The molecule has 1 aliphatic rings. The highest BCUT2D eigenvalue weighted by molar-refractivity contribution is 6.49. The third-order valence-electron chi connectivity index (χ3n) is 5.76. The molecule has 0 saturated heterocycles. The maximum absolute atomic E-state index is 14.4. The van der Waals surface area contributed by atoms with Crippen molar-refractivity contribution in [3.8, 4) is 0 Å². The lowest BCUT2D eigenvalue weighted by Gasteiger charge is -2.25. The minimum Gasteiger partial charge on any atom is -0.410 e. The van der Waals surface area contributed by atoms with Gasteiger partial charge in [0.25, 0.3) is 5.91 Å². The molecule has 0 unspecified atom stereocenters. The molecule has 1 N–H and O–H groups in total. The van der Waals surface area contributed by atoms with E-state index < -0.39 is 53.6 Å². The molecule has 0 heterocycles. The van der Waals surface area contributed by atoms with Crippen LogP contribution in [0.15, 0.2) is 53.2 Å². The van der Waals surface area contributed by atoms with Crippen molar-refractivity contribution in [1.82, 2.24) is 0 Å². The second-order valence-corrected chi connectivity index (χ2v) is 8.07. The molecule has 35 heavy (non-hydrogen) atoms. The Balaban J connectivity index is 2.01. The first-order chi connectivity index (χ1) is 16.5. The molecule has 2 aromatic carbocycles. The number of benzene rings is 2. The summed E-state index contributed by atoms with van der Waals surface area (Å²) in [5.74, 6) is -6.58. The molecule has 186 valence electrons. The number of carbonyl (C=O) groups is 1. The maximum atomic E-state index is 14.4. The van der Waals surface area contributed by atoms with E-state index in [1.165, 1.54) is 0 Å². The third-order valence-corrected chi connectivity index (χ3v) is 5.76. The van der Waals surface area contributed by atoms with E-state index in [9.17, 15) is 36.3 Å². The van der Waals surface area contributed by atoms with Gasteiger partial charge >= 0.3 is 6.18 Å². The van der Waals surface area contributed by atoms with Crippen LogP contribution in [0.4, 0.5) is 32.0 Å². The fraction of sp³-hybridized carbons (Fsp3) is 0.280. The van der Waals surface area contributed by atoms with Crippen LogP contribution >= 0.6 is 0 Å². The number of amides is 1. The number of alkyl halides is 3. The normalized spacial score (nSPS) is 14.2. The number of rotatable bonds is 6. The van der Waals surface area contributed by atoms with Crippen molar-refractivity contribution in [2.24, 2.45) is 5.16 Å². The smallest absolute Gasteiger partial charge is 0.410 e. The number of anilines is 1. The van der Waals surface area contributed by atoms with Crippen molar-refractivity contribution in [3.63, 3.8) is 0 Å². The molecular formula is C25H22F6N2O2. The SMILES string of the molecule is Cc1ccc(N(CCc2c(F)cc(C(F)(F)F)c(F)c2F)C(=O)/C(=N/O)C2=CCCC=C2)cc1C. The zero-order valence-corrected chi connectivity index (χ0v) is 18.9. The fourth-order valence-electron chi connectivity index (χ4n) is 3.67. The van der Waals surface area contributed by atoms with E-state index >= 15 is 0 Å². The summed E-state index contributed by atoms with van der Waals surface area (Å²) in [6.45, 7) is 3.18.